The summed E-state index contributed by atoms with van der Waals surface area (Å²) >= 11 is 1.81. The first-order valence-electron chi connectivity index (χ1n) is 17.5. The number of hydrogen-bond donors (Lipinski definition) is 2. The number of amides is 2. The summed E-state index contributed by atoms with van der Waals surface area (Å²) in [5, 5.41) is 10.9. The number of hydroxylamine groups is 1. The molecule has 5 aromatic rings. The van der Waals surface area contributed by atoms with Gasteiger partial charge in [0.1, 0.15) is 5.82 Å². The number of carbonyl (C=O) groups excluding carboxylic acids is 2. The Hall–Kier alpha value is -5.68. The molecule has 8 rings (SSSR count). The van der Waals surface area contributed by atoms with Gasteiger partial charge in [-0.05, 0) is 118 Å². The monoisotopic (exact) mass is 756 g/mol. The highest BCUT2D eigenvalue weighted by molar-refractivity contribution is 7.95. The number of hydrogen-bond acceptors (Lipinski definition) is 6. The van der Waals surface area contributed by atoms with E-state index in [0.29, 0.717) is 5.06 Å². The number of nitrogens with zero attached hydrogens (tertiary/aromatic N) is 1. The Balaban J connectivity index is 0.000000321. The molecule has 7 nitrogen and oxygen atoms in total. The largest absolute Gasteiger partial charge is 0.370 e. The maximum atomic E-state index is 13.1. The molecular formula is C44H37FN2O5S2. The number of benzene rings is 4. The van der Waals surface area contributed by atoms with Crippen molar-refractivity contribution in [1.29, 1.82) is 0 Å². The smallest absolute Gasteiger partial charge is 0.274 e. The normalized spacial score (nSPS) is 16.3. The van der Waals surface area contributed by atoms with Crippen molar-refractivity contribution in [3.63, 3.8) is 0 Å². The van der Waals surface area contributed by atoms with Gasteiger partial charge in [-0.25, -0.2) is 12.8 Å². The van der Waals surface area contributed by atoms with Gasteiger partial charge in [-0.2, -0.15) is 5.06 Å². The number of aryl methyl sites for hydroxylation is 1. The van der Waals surface area contributed by atoms with Gasteiger partial charge in [0.2, 0.25) is 5.91 Å². The molecule has 0 saturated carbocycles. The van der Waals surface area contributed by atoms with E-state index in [-0.39, 0.29) is 12.1 Å². The number of thiophene rings is 1. The molecule has 2 aliphatic carbocycles. The fourth-order valence-corrected chi connectivity index (χ4v) is 9.23. The molecule has 272 valence electrons. The highest BCUT2D eigenvalue weighted by Gasteiger charge is 2.24. The molecule has 1 aliphatic heterocycles. The van der Waals surface area contributed by atoms with E-state index < -0.39 is 32.7 Å². The van der Waals surface area contributed by atoms with Crippen molar-refractivity contribution in [2.24, 2.45) is 5.73 Å². The fraction of sp³-hybridized carbons (Fsp3) is 0.136. The van der Waals surface area contributed by atoms with Crippen molar-refractivity contribution in [1.82, 2.24) is 0 Å². The molecule has 10 heteroatoms. The molecule has 0 spiro atoms. The fourth-order valence-electron chi connectivity index (χ4n) is 6.96. The van der Waals surface area contributed by atoms with Crippen LogP contribution in [0.4, 0.5) is 10.1 Å². The quantitative estimate of drug-likeness (QED) is 0.0977. The summed E-state index contributed by atoms with van der Waals surface area (Å²) in [6.07, 6.45) is 14.0. The number of nitrogens with two attached hydrogens (primary N) is 1. The zero-order valence-corrected chi connectivity index (χ0v) is 30.8. The summed E-state index contributed by atoms with van der Waals surface area (Å²) in [4.78, 5) is 25.3. The molecule has 0 fully saturated rings. The van der Waals surface area contributed by atoms with Crippen LogP contribution in [0.2, 0.25) is 0 Å². The minimum absolute atomic E-state index is 0.150. The van der Waals surface area contributed by atoms with Crippen molar-refractivity contribution < 1.29 is 27.6 Å². The third-order valence-corrected chi connectivity index (χ3v) is 12.7. The lowest BCUT2D eigenvalue weighted by Crippen LogP contribution is -2.25. The van der Waals surface area contributed by atoms with Gasteiger partial charge in [-0.3, -0.25) is 14.8 Å². The molecular weight excluding hydrogens is 720 g/mol. The van der Waals surface area contributed by atoms with Crippen molar-refractivity contribution in [3.05, 3.63) is 165 Å². The van der Waals surface area contributed by atoms with Crippen molar-refractivity contribution in [2.45, 2.75) is 37.4 Å². The molecule has 3 aliphatic rings. The number of rotatable bonds is 7. The average Bonchev–Trinajstić information content (AvgIpc) is 3.68. The van der Waals surface area contributed by atoms with Crippen LogP contribution in [0.5, 0.6) is 0 Å². The van der Waals surface area contributed by atoms with Crippen molar-refractivity contribution >= 4 is 56.4 Å². The van der Waals surface area contributed by atoms with Crippen molar-refractivity contribution in [3.8, 4) is 21.6 Å². The van der Waals surface area contributed by atoms with E-state index in [1.807, 2.05) is 24.3 Å². The first kappa shape index (κ1) is 36.7. The lowest BCUT2D eigenvalue weighted by molar-refractivity contribution is -0.119. The molecule has 54 heavy (non-hydrogen) atoms. The average molecular weight is 757 g/mol. The van der Waals surface area contributed by atoms with Gasteiger partial charge in [-0.15, -0.1) is 11.3 Å². The number of primary amides is 1. The first-order chi connectivity index (χ1) is 26.1. The number of allylic oxidation sites excluding steroid dienone is 3. The van der Waals surface area contributed by atoms with E-state index in [0.717, 1.165) is 42.2 Å². The first-order valence-corrected chi connectivity index (χ1v) is 20.0. The van der Waals surface area contributed by atoms with Gasteiger partial charge in [0.25, 0.3) is 5.91 Å². The maximum Gasteiger partial charge on any atom is 0.274 e. The predicted octanol–water partition coefficient (Wildman–Crippen LogP) is 8.97. The van der Waals surface area contributed by atoms with Crippen LogP contribution < -0.4 is 10.8 Å². The third-order valence-electron chi connectivity index (χ3n) is 9.74. The van der Waals surface area contributed by atoms with Crippen LogP contribution >= 0.6 is 11.3 Å². The topological polar surface area (TPSA) is 118 Å². The maximum absolute atomic E-state index is 13.1. The summed E-state index contributed by atoms with van der Waals surface area (Å²) in [5.74, 6) is -1.65. The van der Waals surface area contributed by atoms with Gasteiger partial charge >= 0.3 is 0 Å². The van der Waals surface area contributed by atoms with Crippen LogP contribution in [0.3, 0.4) is 0 Å². The summed E-state index contributed by atoms with van der Waals surface area (Å²) in [6.45, 7) is 0. The van der Waals surface area contributed by atoms with Crippen LogP contribution in [0.15, 0.2) is 127 Å². The standard InChI is InChI=1S/C37H28FNO2S.C7H9NO3S/c38-29-13-15-30(16-14-29)39(41)37(40)22-7-24-5-8-26(9-6-24)35-20-21-36(42-35)28-12-17-32-27(23-28)11-19-33-31-4-2-1-3-25(31)10-18-34(32)33;8-7(9)5-6-3-1-2-4-12(6,10)11/h1-9,11,13-16,19-23,41H,10,12,17-18H2;1-4,6H,5H2,(H2,8,9). The highest BCUT2D eigenvalue weighted by Crippen LogP contribution is 2.42. The van der Waals surface area contributed by atoms with E-state index >= 15 is 0 Å². The molecule has 1 aromatic heterocycles. The number of anilines is 1. The van der Waals surface area contributed by atoms with Gasteiger partial charge < -0.3 is 5.73 Å². The number of carbonyl (C=O) groups is 2. The van der Waals surface area contributed by atoms with E-state index in [2.05, 4.69) is 54.6 Å². The highest BCUT2D eigenvalue weighted by atomic mass is 32.2. The SMILES string of the molecule is NC(=O)CC1C=CC=CS1(=O)=O.O=C(C=Cc1ccc(-c2ccc(C3=Cc4ccc5c(c4CC3)CCc3ccccc3-5)s2)cc1)N(O)c1ccc(F)cc1. The summed E-state index contributed by atoms with van der Waals surface area (Å²) in [7, 11) is -3.29. The van der Waals surface area contributed by atoms with E-state index in [1.54, 1.807) is 23.5 Å². The molecule has 1 unspecified atom stereocenters. The number of halogens is 1. The molecule has 4 aromatic carbocycles. The van der Waals surface area contributed by atoms with Crippen molar-refractivity contribution in [2.75, 3.05) is 5.06 Å². The second-order valence-electron chi connectivity index (χ2n) is 13.2. The van der Waals surface area contributed by atoms with Gasteiger partial charge in [-0.1, -0.05) is 85.0 Å². The zero-order valence-electron chi connectivity index (χ0n) is 29.2. The van der Waals surface area contributed by atoms with Crippen LogP contribution in [0.1, 0.15) is 45.5 Å². The molecule has 0 saturated heterocycles. The Labute approximate surface area is 317 Å². The Kier molecular flexibility index (Phi) is 10.7. The lowest BCUT2D eigenvalue weighted by Gasteiger charge is -2.26. The van der Waals surface area contributed by atoms with Crippen LogP contribution in [0, 0.1) is 5.82 Å². The van der Waals surface area contributed by atoms with E-state index in [4.69, 9.17) is 5.73 Å². The summed E-state index contributed by atoms with van der Waals surface area (Å²) < 4.78 is 35.5. The predicted molar refractivity (Wildman–Crippen MR) is 215 cm³/mol. The number of fused-ring (bicyclic) bond motifs is 5. The van der Waals surface area contributed by atoms with E-state index in [9.17, 15) is 27.6 Å². The Morgan fingerprint density at radius 3 is 2.33 bits per heavy atom. The van der Waals surface area contributed by atoms with Crippen LogP contribution in [-0.2, 0) is 38.7 Å². The third kappa shape index (κ3) is 8.11. The number of sulfone groups is 1. The molecule has 0 radical (unpaired) electrons. The zero-order chi connectivity index (χ0) is 37.8. The lowest BCUT2D eigenvalue weighted by atomic mass is 9.78. The second kappa shape index (κ2) is 15.7. The summed E-state index contributed by atoms with van der Waals surface area (Å²) in [5.41, 5.74) is 17.1. The Morgan fingerprint density at radius 2 is 1.57 bits per heavy atom. The molecule has 1 atom stereocenters. The summed E-state index contributed by atoms with van der Waals surface area (Å²) in [6, 6.07) is 30.9. The minimum Gasteiger partial charge on any atom is -0.370 e. The second-order valence-corrected chi connectivity index (χ2v) is 16.4. The molecule has 0 bridgehead atoms. The Bertz CT molecular complexity index is 2460. The molecule has 2 amide bonds. The van der Waals surface area contributed by atoms with Crippen LogP contribution in [-0.4, -0.2) is 30.7 Å². The van der Waals surface area contributed by atoms with Gasteiger partial charge in [0, 0.05) is 27.7 Å². The van der Waals surface area contributed by atoms with Gasteiger partial charge in [0.05, 0.1) is 10.9 Å². The van der Waals surface area contributed by atoms with E-state index in [1.165, 1.54) is 91.2 Å². The Morgan fingerprint density at radius 1 is 0.833 bits per heavy atom. The minimum atomic E-state index is -3.29. The van der Waals surface area contributed by atoms with Gasteiger partial charge in [0.15, 0.2) is 9.84 Å². The van der Waals surface area contributed by atoms with Crippen LogP contribution in [0.25, 0.3) is 39.3 Å². The molecule has 3 N–H and O–H groups in total. The molecule has 2 heterocycles.